The Morgan fingerprint density at radius 2 is 1.65 bits per heavy atom. The van der Waals surface area contributed by atoms with E-state index >= 15 is 0 Å². The van der Waals surface area contributed by atoms with Gasteiger partial charge in [-0.25, -0.2) is 5.01 Å². The van der Waals surface area contributed by atoms with Crippen molar-refractivity contribution >= 4 is 23.4 Å². The van der Waals surface area contributed by atoms with E-state index in [1.807, 2.05) is 6.07 Å². The van der Waals surface area contributed by atoms with Crippen molar-refractivity contribution < 1.29 is 23.9 Å². The normalized spacial score (nSPS) is 17.5. The summed E-state index contributed by atoms with van der Waals surface area (Å²) < 4.78 is 10.7. The van der Waals surface area contributed by atoms with Gasteiger partial charge in [0, 0.05) is 37.3 Å². The minimum atomic E-state index is -0.212. The fourth-order valence-corrected chi connectivity index (χ4v) is 4.25. The van der Waals surface area contributed by atoms with Crippen molar-refractivity contribution in [3.63, 3.8) is 0 Å². The molecule has 8 nitrogen and oxygen atoms in total. The van der Waals surface area contributed by atoms with Gasteiger partial charge in [0.05, 0.1) is 6.42 Å². The Hall–Kier alpha value is -3.55. The maximum absolute atomic E-state index is 13.1. The first-order valence-electron chi connectivity index (χ1n) is 10.5. The average Bonchev–Trinajstić information content (AvgIpc) is 3.53. The highest BCUT2D eigenvalue weighted by Crippen LogP contribution is 2.33. The van der Waals surface area contributed by atoms with Crippen LogP contribution in [-0.2, 0) is 16.0 Å². The van der Waals surface area contributed by atoms with Crippen molar-refractivity contribution in [3.8, 4) is 11.5 Å². The van der Waals surface area contributed by atoms with Crippen LogP contribution < -0.4 is 14.4 Å². The molecule has 0 bridgehead atoms. The van der Waals surface area contributed by atoms with Crippen LogP contribution in [0.3, 0.4) is 0 Å². The van der Waals surface area contributed by atoms with Crippen molar-refractivity contribution in [2.45, 2.75) is 25.7 Å². The number of anilines is 1. The molecule has 0 aliphatic carbocycles. The van der Waals surface area contributed by atoms with Gasteiger partial charge in [0.2, 0.25) is 18.6 Å². The number of carbonyl (C=O) groups excluding carboxylic acids is 3. The molecule has 5 rings (SSSR count). The Morgan fingerprint density at radius 1 is 0.871 bits per heavy atom. The van der Waals surface area contributed by atoms with Crippen LogP contribution in [0.25, 0.3) is 0 Å². The highest BCUT2D eigenvalue weighted by atomic mass is 16.7. The molecule has 0 atom stereocenters. The molecule has 3 amide bonds. The van der Waals surface area contributed by atoms with Gasteiger partial charge in [-0.3, -0.25) is 19.4 Å². The molecule has 31 heavy (non-hydrogen) atoms. The number of hydrogen-bond acceptors (Lipinski definition) is 5. The number of rotatable bonds is 4. The van der Waals surface area contributed by atoms with Gasteiger partial charge in [-0.05, 0) is 54.8 Å². The van der Waals surface area contributed by atoms with Crippen LogP contribution in [-0.4, -0.2) is 54.2 Å². The molecule has 0 radical (unpaired) electrons. The predicted octanol–water partition coefficient (Wildman–Crippen LogP) is 2.37. The zero-order valence-corrected chi connectivity index (χ0v) is 17.1. The lowest BCUT2D eigenvalue weighted by Gasteiger charge is -2.28. The summed E-state index contributed by atoms with van der Waals surface area (Å²) in [6.07, 6.45) is 2.33. The third kappa shape index (κ3) is 3.69. The van der Waals surface area contributed by atoms with Gasteiger partial charge in [0.25, 0.3) is 5.91 Å². The number of fused-ring (bicyclic) bond motifs is 1. The highest BCUT2D eigenvalue weighted by molar-refractivity contribution is 5.98. The summed E-state index contributed by atoms with van der Waals surface area (Å²) in [6.45, 7) is 1.90. The molecule has 2 fully saturated rings. The summed E-state index contributed by atoms with van der Waals surface area (Å²) >= 11 is 0. The molecule has 0 unspecified atom stereocenters. The van der Waals surface area contributed by atoms with E-state index in [0.29, 0.717) is 43.1 Å². The molecule has 3 aliphatic rings. The van der Waals surface area contributed by atoms with Gasteiger partial charge in [0.1, 0.15) is 0 Å². The number of ether oxygens (including phenoxy) is 2. The van der Waals surface area contributed by atoms with Crippen LogP contribution in [0.4, 0.5) is 5.69 Å². The molecular weight excluding hydrogens is 398 g/mol. The van der Waals surface area contributed by atoms with Crippen molar-refractivity contribution in [1.82, 2.24) is 10.0 Å². The van der Waals surface area contributed by atoms with Gasteiger partial charge in [-0.1, -0.05) is 6.07 Å². The lowest BCUT2D eigenvalue weighted by atomic mass is 10.1. The molecule has 2 aromatic carbocycles. The molecular formula is C23H23N3O5. The Kier molecular flexibility index (Phi) is 4.97. The molecule has 8 heteroatoms. The van der Waals surface area contributed by atoms with E-state index in [-0.39, 0.29) is 30.9 Å². The number of nitrogens with zero attached hydrogens (tertiary/aromatic N) is 3. The Labute approximate surface area is 179 Å². The van der Waals surface area contributed by atoms with Crippen molar-refractivity contribution in [2.24, 2.45) is 0 Å². The number of hydrogen-bond donors (Lipinski definition) is 0. The standard InChI is InChI=1S/C23H23N3O5/c27-21-3-1-10-24(21)18-7-5-17(6-8-18)23(29)26-12-2-11-25(26)22(28)14-16-4-9-19-20(13-16)31-15-30-19/h4-9,13H,1-3,10-12,14-15H2. The van der Waals surface area contributed by atoms with Crippen LogP contribution in [0.5, 0.6) is 11.5 Å². The molecule has 2 saturated heterocycles. The molecule has 0 spiro atoms. The van der Waals surface area contributed by atoms with Gasteiger partial charge < -0.3 is 14.4 Å². The minimum Gasteiger partial charge on any atom is -0.454 e. The van der Waals surface area contributed by atoms with E-state index in [0.717, 1.165) is 24.1 Å². The van der Waals surface area contributed by atoms with E-state index in [2.05, 4.69) is 0 Å². The lowest BCUT2D eigenvalue weighted by Crippen LogP contribution is -2.45. The number of carbonyl (C=O) groups is 3. The summed E-state index contributed by atoms with van der Waals surface area (Å²) in [6, 6.07) is 12.5. The molecule has 0 saturated carbocycles. The van der Waals surface area contributed by atoms with Gasteiger partial charge in [-0.15, -0.1) is 0 Å². The zero-order chi connectivity index (χ0) is 21.4. The Balaban J connectivity index is 1.27. The summed E-state index contributed by atoms with van der Waals surface area (Å²) in [5.74, 6) is 1.07. The first kappa shape index (κ1) is 19.4. The molecule has 0 aromatic heterocycles. The van der Waals surface area contributed by atoms with E-state index < -0.39 is 0 Å². The van der Waals surface area contributed by atoms with Crippen molar-refractivity contribution in [2.75, 3.05) is 31.3 Å². The van der Waals surface area contributed by atoms with E-state index in [9.17, 15) is 14.4 Å². The summed E-state index contributed by atoms with van der Waals surface area (Å²) in [4.78, 5) is 39.7. The second-order valence-electron chi connectivity index (χ2n) is 7.86. The van der Waals surface area contributed by atoms with Gasteiger partial charge in [-0.2, -0.15) is 0 Å². The average molecular weight is 421 g/mol. The van der Waals surface area contributed by atoms with Crippen LogP contribution in [0.15, 0.2) is 42.5 Å². The smallest absolute Gasteiger partial charge is 0.272 e. The lowest BCUT2D eigenvalue weighted by molar-refractivity contribution is -0.139. The van der Waals surface area contributed by atoms with Crippen molar-refractivity contribution in [3.05, 3.63) is 53.6 Å². The number of amides is 3. The fraction of sp³-hybridized carbons (Fsp3) is 0.348. The predicted molar refractivity (Wildman–Crippen MR) is 112 cm³/mol. The fourth-order valence-electron chi connectivity index (χ4n) is 4.25. The summed E-state index contributed by atoms with van der Waals surface area (Å²) in [7, 11) is 0. The van der Waals surface area contributed by atoms with Crippen molar-refractivity contribution in [1.29, 1.82) is 0 Å². The number of hydrazine groups is 1. The van der Waals surface area contributed by atoms with Crippen LogP contribution in [0.1, 0.15) is 35.2 Å². The van der Waals surface area contributed by atoms with Crippen LogP contribution >= 0.6 is 0 Å². The molecule has 160 valence electrons. The number of benzene rings is 2. The van der Waals surface area contributed by atoms with E-state index in [1.54, 1.807) is 41.3 Å². The first-order chi connectivity index (χ1) is 15.1. The largest absolute Gasteiger partial charge is 0.454 e. The zero-order valence-electron chi connectivity index (χ0n) is 17.1. The van der Waals surface area contributed by atoms with E-state index in [4.69, 9.17) is 9.47 Å². The maximum atomic E-state index is 13.1. The molecule has 3 aliphatic heterocycles. The van der Waals surface area contributed by atoms with Crippen LogP contribution in [0, 0.1) is 0 Å². The van der Waals surface area contributed by atoms with Gasteiger partial charge in [0.15, 0.2) is 11.5 Å². The first-order valence-corrected chi connectivity index (χ1v) is 10.5. The quantitative estimate of drug-likeness (QED) is 0.757. The Morgan fingerprint density at radius 3 is 2.42 bits per heavy atom. The maximum Gasteiger partial charge on any atom is 0.272 e. The topological polar surface area (TPSA) is 79.4 Å². The second kappa shape index (κ2) is 7.94. The van der Waals surface area contributed by atoms with Crippen LogP contribution in [0.2, 0.25) is 0 Å². The summed E-state index contributed by atoms with van der Waals surface area (Å²) in [5, 5.41) is 3.05. The monoisotopic (exact) mass is 421 g/mol. The van der Waals surface area contributed by atoms with E-state index in [1.165, 1.54) is 10.0 Å². The SMILES string of the molecule is O=C1CCCN1c1ccc(C(=O)N2CCCN2C(=O)Cc2ccc3c(c2)OCO3)cc1. The Bertz CT molecular complexity index is 1040. The summed E-state index contributed by atoms with van der Waals surface area (Å²) in [5.41, 5.74) is 2.11. The highest BCUT2D eigenvalue weighted by Gasteiger charge is 2.31. The molecule has 3 heterocycles. The third-order valence-electron chi connectivity index (χ3n) is 5.85. The molecule has 2 aromatic rings. The second-order valence-corrected chi connectivity index (χ2v) is 7.86. The van der Waals surface area contributed by atoms with Gasteiger partial charge >= 0.3 is 0 Å². The minimum absolute atomic E-state index is 0.110. The third-order valence-corrected chi connectivity index (χ3v) is 5.85. The molecule has 0 N–H and O–H groups in total.